The third kappa shape index (κ3) is 2.64. The Labute approximate surface area is 86.6 Å². The van der Waals surface area contributed by atoms with E-state index in [9.17, 15) is 4.21 Å². The van der Waals surface area contributed by atoms with Crippen LogP contribution in [0.25, 0.3) is 0 Å². The van der Waals surface area contributed by atoms with E-state index in [-0.39, 0.29) is 6.61 Å². The van der Waals surface area contributed by atoms with E-state index in [0.717, 1.165) is 11.1 Å². The van der Waals surface area contributed by atoms with Crippen LogP contribution in [0, 0.1) is 20.8 Å². The second-order valence-corrected chi connectivity index (χ2v) is 3.94. The molecule has 0 aliphatic carbocycles. The number of aryl methyl sites for hydroxylation is 1. The van der Waals surface area contributed by atoms with Gasteiger partial charge in [0.25, 0.3) is 0 Å². The molecule has 78 valence electrons. The van der Waals surface area contributed by atoms with E-state index in [1.54, 1.807) is 0 Å². The van der Waals surface area contributed by atoms with Gasteiger partial charge in [-0.15, -0.1) is 0 Å². The number of rotatable bonds is 3. The van der Waals surface area contributed by atoms with Crippen molar-refractivity contribution in [1.29, 1.82) is 0 Å². The molecule has 0 saturated heterocycles. The minimum absolute atomic E-state index is 0.177. The number of hydrogen-bond donors (Lipinski definition) is 1. The zero-order valence-corrected chi connectivity index (χ0v) is 9.35. The van der Waals surface area contributed by atoms with E-state index in [2.05, 4.69) is 4.18 Å². The topological polar surface area (TPSA) is 46.5 Å². The van der Waals surface area contributed by atoms with Crippen molar-refractivity contribution in [3.8, 4) is 0 Å². The summed E-state index contributed by atoms with van der Waals surface area (Å²) in [4.78, 5) is 0. The minimum Gasteiger partial charge on any atom is -0.284 e. The molecule has 0 radical (unpaired) electrons. The predicted octanol–water partition coefficient (Wildman–Crippen LogP) is 2.27. The van der Waals surface area contributed by atoms with Crippen molar-refractivity contribution in [1.82, 2.24) is 0 Å². The van der Waals surface area contributed by atoms with Crippen LogP contribution in [0.15, 0.2) is 12.1 Å². The van der Waals surface area contributed by atoms with Gasteiger partial charge in [-0.05, 0) is 43.0 Å². The average molecular weight is 214 g/mol. The molecule has 4 heteroatoms. The highest BCUT2D eigenvalue weighted by atomic mass is 32.2. The summed E-state index contributed by atoms with van der Waals surface area (Å²) in [6, 6.07) is 3.91. The molecule has 0 fully saturated rings. The van der Waals surface area contributed by atoms with E-state index in [0.29, 0.717) is 0 Å². The summed E-state index contributed by atoms with van der Waals surface area (Å²) in [5, 5.41) is 0. The van der Waals surface area contributed by atoms with Crippen LogP contribution in [-0.4, -0.2) is 8.76 Å². The number of benzene rings is 1. The van der Waals surface area contributed by atoms with Gasteiger partial charge < -0.3 is 0 Å². The van der Waals surface area contributed by atoms with Crippen LogP contribution in [0.4, 0.5) is 0 Å². The average Bonchev–Trinajstić information content (AvgIpc) is 2.13. The van der Waals surface area contributed by atoms with Gasteiger partial charge in [0.05, 0.1) is 6.61 Å². The van der Waals surface area contributed by atoms with E-state index in [4.69, 9.17) is 4.55 Å². The Hall–Kier alpha value is -0.710. The van der Waals surface area contributed by atoms with Gasteiger partial charge in [0.2, 0.25) is 0 Å². The van der Waals surface area contributed by atoms with Gasteiger partial charge in [0.1, 0.15) is 0 Å². The monoisotopic (exact) mass is 214 g/mol. The lowest BCUT2D eigenvalue weighted by Crippen LogP contribution is -2.00. The fraction of sp³-hybridized carbons (Fsp3) is 0.400. The maximum Gasteiger partial charge on any atom is 0.302 e. The molecule has 1 atom stereocenters. The van der Waals surface area contributed by atoms with Gasteiger partial charge in [0.15, 0.2) is 0 Å². The van der Waals surface area contributed by atoms with Crippen molar-refractivity contribution in [3.63, 3.8) is 0 Å². The van der Waals surface area contributed by atoms with Crippen LogP contribution in [0.2, 0.25) is 0 Å². The standard InChI is InChI=1S/C10H14O3S/c1-7-4-5-10(6-13-14(11)12)9(3)8(7)2/h4-5H,6H2,1-3H3,(H,11,12). The molecule has 0 heterocycles. The number of hydrogen-bond acceptors (Lipinski definition) is 2. The Morgan fingerprint density at radius 1 is 1.29 bits per heavy atom. The molecule has 0 amide bonds. The van der Waals surface area contributed by atoms with Crippen molar-refractivity contribution >= 4 is 11.4 Å². The highest BCUT2D eigenvalue weighted by molar-refractivity contribution is 7.74. The van der Waals surface area contributed by atoms with Gasteiger partial charge in [-0.1, -0.05) is 12.1 Å². The molecule has 3 nitrogen and oxygen atoms in total. The third-order valence-corrected chi connectivity index (χ3v) is 2.80. The zero-order valence-electron chi connectivity index (χ0n) is 8.53. The zero-order chi connectivity index (χ0) is 10.7. The Kier molecular flexibility index (Phi) is 3.80. The van der Waals surface area contributed by atoms with Gasteiger partial charge in [-0.3, -0.25) is 8.74 Å². The molecule has 1 rings (SSSR count). The molecule has 1 aromatic rings. The molecule has 0 bridgehead atoms. The molecule has 0 spiro atoms. The highest BCUT2D eigenvalue weighted by Crippen LogP contribution is 2.17. The van der Waals surface area contributed by atoms with Crippen molar-refractivity contribution < 1.29 is 12.9 Å². The van der Waals surface area contributed by atoms with Crippen LogP contribution < -0.4 is 0 Å². The molecule has 1 aromatic carbocycles. The quantitative estimate of drug-likeness (QED) is 0.785. The Bertz CT molecular complexity index is 361. The van der Waals surface area contributed by atoms with Gasteiger partial charge in [-0.25, -0.2) is 0 Å². The van der Waals surface area contributed by atoms with E-state index >= 15 is 0 Å². The molecule has 0 aromatic heterocycles. The van der Waals surface area contributed by atoms with Crippen LogP contribution in [-0.2, 0) is 22.2 Å². The first-order valence-electron chi connectivity index (χ1n) is 4.32. The van der Waals surface area contributed by atoms with Crippen molar-refractivity contribution in [2.45, 2.75) is 27.4 Å². The highest BCUT2D eigenvalue weighted by Gasteiger charge is 2.04. The summed E-state index contributed by atoms with van der Waals surface area (Å²) >= 11 is -2.19. The lowest BCUT2D eigenvalue weighted by Gasteiger charge is -2.09. The van der Waals surface area contributed by atoms with Crippen LogP contribution in [0.3, 0.4) is 0 Å². The predicted molar refractivity (Wildman–Crippen MR) is 56.2 cm³/mol. The Morgan fingerprint density at radius 3 is 2.50 bits per heavy atom. The molecule has 1 N–H and O–H groups in total. The molecule has 0 saturated carbocycles. The first-order chi connectivity index (χ1) is 6.52. The molecule has 0 aliphatic rings. The van der Waals surface area contributed by atoms with E-state index in [1.165, 1.54) is 11.1 Å². The summed E-state index contributed by atoms with van der Waals surface area (Å²) in [6.45, 7) is 6.23. The maximum absolute atomic E-state index is 10.3. The second-order valence-electron chi connectivity index (χ2n) is 3.27. The van der Waals surface area contributed by atoms with Crippen LogP contribution in [0.5, 0.6) is 0 Å². The SMILES string of the molecule is Cc1ccc(COS(=O)O)c(C)c1C. The van der Waals surface area contributed by atoms with Crippen molar-refractivity contribution in [3.05, 3.63) is 34.4 Å². The summed E-state index contributed by atoms with van der Waals surface area (Å²) in [5.74, 6) is 0. The Morgan fingerprint density at radius 2 is 1.93 bits per heavy atom. The third-order valence-electron chi connectivity index (χ3n) is 2.49. The maximum atomic E-state index is 10.3. The summed E-state index contributed by atoms with van der Waals surface area (Å²) < 4.78 is 23.4. The minimum atomic E-state index is -2.19. The molecular formula is C10H14O3S. The largest absolute Gasteiger partial charge is 0.302 e. The van der Waals surface area contributed by atoms with Gasteiger partial charge in [0, 0.05) is 0 Å². The fourth-order valence-electron chi connectivity index (χ4n) is 1.28. The van der Waals surface area contributed by atoms with E-state index in [1.807, 2.05) is 32.9 Å². The Balaban J connectivity index is 2.88. The summed E-state index contributed by atoms with van der Waals surface area (Å²) in [7, 11) is 0. The normalized spacial score (nSPS) is 12.9. The summed E-state index contributed by atoms with van der Waals surface area (Å²) in [6.07, 6.45) is 0. The second kappa shape index (κ2) is 4.68. The first-order valence-corrected chi connectivity index (χ1v) is 5.35. The van der Waals surface area contributed by atoms with E-state index < -0.39 is 11.4 Å². The van der Waals surface area contributed by atoms with Crippen LogP contribution >= 0.6 is 0 Å². The molecule has 0 aliphatic heterocycles. The van der Waals surface area contributed by atoms with Gasteiger partial charge >= 0.3 is 11.4 Å². The summed E-state index contributed by atoms with van der Waals surface area (Å²) in [5.41, 5.74) is 4.50. The molecule has 14 heavy (non-hydrogen) atoms. The lowest BCUT2D eigenvalue weighted by atomic mass is 9.99. The fourth-order valence-corrected chi connectivity index (χ4v) is 1.51. The smallest absolute Gasteiger partial charge is 0.284 e. The van der Waals surface area contributed by atoms with Crippen molar-refractivity contribution in [2.24, 2.45) is 0 Å². The lowest BCUT2D eigenvalue weighted by molar-refractivity contribution is 0.296. The van der Waals surface area contributed by atoms with Gasteiger partial charge in [-0.2, -0.15) is 4.21 Å². The molecular weight excluding hydrogens is 200 g/mol. The van der Waals surface area contributed by atoms with Crippen LogP contribution in [0.1, 0.15) is 22.3 Å². The first kappa shape index (κ1) is 11.4. The molecule has 1 unspecified atom stereocenters. The van der Waals surface area contributed by atoms with Crippen molar-refractivity contribution in [2.75, 3.05) is 0 Å².